The van der Waals surface area contributed by atoms with Crippen LogP contribution in [-0.4, -0.2) is 23.0 Å². The van der Waals surface area contributed by atoms with Gasteiger partial charge in [0.25, 0.3) is 5.69 Å². The van der Waals surface area contributed by atoms with Gasteiger partial charge in [-0.2, -0.15) is 0 Å². The van der Waals surface area contributed by atoms with Crippen LogP contribution in [0.5, 0.6) is 0 Å². The molecule has 2 atom stereocenters. The SMILES string of the molecule is CCC(c1ncc([N+](=O)[O-])cc1C)C(C)NC. The van der Waals surface area contributed by atoms with Crippen molar-refractivity contribution in [3.8, 4) is 0 Å². The van der Waals surface area contributed by atoms with Gasteiger partial charge < -0.3 is 5.32 Å². The van der Waals surface area contributed by atoms with Crippen molar-refractivity contribution in [2.45, 2.75) is 39.2 Å². The summed E-state index contributed by atoms with van der Waals surface area (Å²) in [5, 5.41) is 13.9. The van der Waals surface area contributed by atoms with Gasteiger partial charge in [0.05, 0.1) is 4.92 Å². The molecule has 0 radical (unpaired) electrons. The van der Waals surface area contributed by atoms with Crippen molar-refractivity contribution in [3.63, 3.8) is 0 Å². The Balaban J connectivity index is 3.09. The number of aromatic nitrogens is 1. The molecule has 5 nitrogen and oxygen atoms in total. The maximum absolute atomic E-state index is 10.6. The molecule has 0 amide bonds. The molecule has 0 fully saturated rings. The summed E-state index contributed by atoms with van der Waals surface area (Å²) in [6, 6.07) is 1.89. The molecule has 1 aromatic rings. The summed E-state index contributed by atoms with van der Waals surface area (Å²) >= 11 is 0. The predicted octanol–water partition coefficient (Wildman–Crippen LogP) is 2.40. The zero-order chi connectivity index (χ0) is 13.0. The van der Waals surface area contributed by atoms with Crippen molar-refractivity contribution in [3.05, 3.63) is 33.6 Å². The Labute approximate surface area is 101 Å². The normalized spacial score (nSPS) is 14.4. The Bertz CT molecular complexity index is 407. The molecule has 1 rings (SSSR count). The molecule has 1 heterocycles. The van der Waals surface area contributed by atoms with E-state index in [9.17, 15) is 10.1 Å². The lowest BCUT2D eigenvalue weighted by atomic mass is 9.91. The Morgan fingerprint density at radius 1 is 1.59 bits per heavy atom. The third-order valence-electron chi connectivity index (χ3n) is 3.17. The van der Waals surface area contributed by atoms with E-state index in [0.717, 1.165) is 17.7 Å². The number of pyridine rings is 1. The maximum atomic E-state index is 10.6. The van der Waals surface area contributed by atoms with Crippen LogP contribution in [0.2, 0.25) is 0 Å². The van der Waals surface area contributed by atoms with Crippen LogP contribution in [0.3, 0.4) is 0 Å². The van der Waals surface area contributed by atoms with Crippen molar-refractivity contribution < 1.29 is 4.92 Å². The lowest BCUT2D eigenvalue weighted by Crippen LogP contribution is -2.29. The third kappa shape index (κ3) is 3.00. The highest BCUT2D eigenvalue weighted by molar-refractivity contribution is 5.35. The lowest BCUT2D eigenvalue weighted by Gasteiger charge is -2.23. The molecular formula is C12H19N3O2. The van der Waals surface area contributed by atoms with Crippen LogP contribution in [0.25, 0.3) is 0 Å². The average molecular weight is 237 g/mol. The molecule has 17 heavy (non-hydrogen) atoms. The molecule has 5 heteroatoms. The van der Waals surface area contributed by atoms with Crippen molar-refractivity contribution in [2.75, 3.05) is 7.05 Å². The number of likely N-dealkylation sites (N-methyl/N-ethyl adjacent to an activating group) is 1. The van der Waals surface area contributed by atoms with E-state index in [0.29, 0.717) is 6.04 Å². The minimum absolute atomic E-state index is 0.0539. The van der Waals surface area contributed by atoms with E-state index in [1.54, 1.807) is 6.07 Å². The van der Waals surface area contributed by atoms with Crippen molar-refractivity contribution >= 4 is 5.69 Å². The summed E-state index contributed by atoms with van der Waals surface area (Å²) in [6.45, 7) is 6.07. The van der Waals surface area contributed by atoms with E-state index in [2.05, 4.69) is 24.1 Å². The van der Waals surface area contributed by atoms with Gasteiger partial charge in [0.2, 0.25) is 0 Å². The van der Waals surface area contributed by atoms with Crippen LogP contribution in [-0.2, 0) is 0 Å². The Hall–Kier alpha value is -1.49. The second kappa shape index (κ2) is 5.72. The molecule has 0 aromatic carbocycles. The van der Waals surface area contributed by atoms with Crippen LogP contribution in [0.15, 0.2) is 12.3 Å². The molecule has 94 valence electrons. The summed E-state index contributed by atoms with van der Waals surface area (Å²) in [5.74, 6) is 0.279. The van der Waals surface area contributed by atoms with Crippen LogP contribution in [0, 0.1) is 17.0 Å². The summed E-state index contributed by atoms with van der Waals surface area (Å²) in [4.78, 5) is 14.5. The van der Waals surface area contributed by atoms with E-state index >= 15 is 0 Å². The molecule has 0 aliphatic rings. The first kappa shape index (κ1) is 13.6. The van der Waals surface area contributed by atoms with E-state index in [1.165, 1.54) is 6.20 Å². The molecule has 0 aliphatic carbocycles. The van der Waals surface area contributed by atoms with Crippen LogP contribution in [0.4, 0.5) is 5.69 Å². The molecule has 0 saturated carbocycles. The van der Waals surface area contributed by atoms with Gasteiger partial charge >= 0.3 is 0 Å². The molecule has 2 unspecified atom stereocenters. The highest BCUT2D eigenvalue weighted by Gasteiger charge is 2.21. The molecule has 0 aliphatic heterocycles. The number of hydrogen-bond acceptors (Lipinski definition) is 4. The zero-order valence-corrected chi connectivity index (χ0v) is 10.7. The summed E-state index contributed by atoms with van der Waals surface area (Å²) in [6.07, 6.45) is 2.29. The standard InChI is InChI=1S/C12H19N3O2/c1-5-11(9(3)13-4)12-8(2)6-10(7-14-12)15(16)17/h6-7,9,11,13H,5H2,1-4H3. The van der Waals surface area contributed by atoms with Crippen LogP contribution >= 0.6 is 0 Å². The van der Waals surface area contributed by atoms with E-state index < -0.39 is 4.92 Å². The second-order valence-electron chi connectivity index (χ2n) is 4.24. The monoisotopic (exact) mass is 237 g/mol. The number of nitrogens with one attached hydrogen (secondary N) is 1. The number of rotatable bonds is 5. The molecule has 0 bridgehead atoms. The second-order valence-corrected chi connectivity index (χ2v) is 4.24. The quantitative estimate of drug-likeness (QED) is 0.630. The minimum atomic E-state index is -0.410. The first-order valence-corrected chi connectivity index (χ1v) is 5.79. The van der Waals surface area contributed by atoms with Gasteiger partial charge in [-0.15, -0.1) is 0 Å². The third-order valence-corrected chi connectivity index (χ3v) is 3.17. The number of nitrogens with zero attached hydrogens (tertiary/aromatic N) is 2. The molecule has 0 saturated heterocycles. The smallest absolute Gasteiger partial charge is 0.287 e. The molecule has 1 N–H and O–H groups in total. The van der Waals surface area contributed by atoms with Gasteiger partial charge in [0, 0.05) is 23.7 Å². The first-order chi connectivity index (χ1) is 8.01. The van der Waals surface area contributed by atoms with Crippen molar-refractivity contribution in [1.29, 1.82) is 0 Å². The summed E-state index contributed by atoms with van der Waals surface area (Å²) < 4.78 is 0. The van der Waals surface area contributed by atoms with Crippen LogP contribution in [0.1, 0.15) is 37.4 Å². The van der Waals surface area contributed by atoms with Gasteiger partial charge in [0.15, 0.2) is 0 Å². The highest BCUT2D eigenvalue weighted by Crippen LogP contribution is 2.26. The molecule has 1 aromatic heterocycles. The first-order valence-electron chi connectivity index (χ1n) is 5.79. The van der Waals surface area contributed by atoms with Gasteiger partial charge in [-0.1, -0.05) is 6.92 Å². The highest BCUT2D eigenvalue weighted by atomic mass is 16.6. The number of nitro groups is 1. The fourth-order valence-corrected chi connectivity index (χ4v) is 2.04. The zero-order valence-electron chi connectivity index (χ0n) is 10.7. The average Bonchev–Trinajstić information content (AvgIpc) is 2.31. The Morgan fingerprint density at radius 3 is 2.65 bits per heavy atom. The van der Waals surface area contributed by atoms with Crippen molar-refractivity contribution in [2.24, 2.45) is 0 Å². The lowest BCUT2D eigenvalue weighted by molar-refractivity contribution is -0.385. The molecular weight excluding hydrogens is 218 g/mol. The van der Waals surface area contributed by atoms with E-state index in [4.69, 9.17) is 0 Å². The van der Waals surface area contributed by atoms with Crippen molar-refractivity contribution in [1.82, 2.24) is 10.3 Å². The van der Waals surface area contributed by atoms with Crippen LogP contribution < -0.4 is 5.32 Å². The topological polar surface area (TPSA) is 68.1 Å². The fraction of sp³-hybridized carbons (Fsp3) is 0.583. The number of hydrogen-bond donors (Lipinski definition) is 1. The largest absolute Gasteiger partial charge is 0.317 e. The van der Waals surface area contributed by atoms with Gasteiger partial charge in [-0.25, -0.2) is 0 Å². The van der Waals surface area contributed by atoms with Gasteiger partial charge in [-0.3, -0.25) is 15.1 Å². The van der Waals surface area contributed by atoms with E-state index in [-0.39, 0.29) is 11.6 Å². The van der Waals surface area contributed by atoms with E-state index in [1.807, 2.05) is 14.0 Å². The minimum Gasteiger partial charge on any atom is -0.317 e. The summed E-state index contributed by atoms with van der Waals surface area (Å²) in [7, 11) is 1.91. The Morgan fingerprint density at radius 2 is 2.24 bits per heavy atom. The molecule has 0 spiro atoms. The Kier molecular flexibility index (Phi) is 4.57. The number of aryl methyl sites for hydroxylation is 1. The van der Waals surface area contributed by atoms with Gasteiger partial charge in [0.1, 0.15) is 6.20 Å². The predicted molar refractivity (Wildman–Crippen MR) is 67.2 cm³/mol. The summed E-state index contributed by atoms with van der Waals surface area (Å²) in [5.41, 5.74) is 1.88. The van der Waals surface area contributed by atoms with Gasteiger partial charge in [-0.05, 0) is 32.9 Å². The fourth-order valence-electron chi connectivity index (χ4n) is 2.04. The maximum Gasteiger partial charge on any atom is 0.287 e.